The highest BCUT2D eigenvalue weighted by atomic mass is 16.4. The van der Waals surface area contributed by atoms with E-state index in [1.54, 1.807) is 30.3 Å². The maximum atomic E-state index is 11.9. The summed E-state index contributed by atoms with van der Waals surface area (Å²) in [6.07, 6.45) is 0. The second kappa shape index (κ2) is 6.21. The van der Waals surface area contributed by atoms with Crippen LogP contribution in [0, 0.1) is 11.3 Å². The van der Waals surface area contributed by atoms with Gasteiger partial charge in [0.05, 0.1) is 22.9 Å². The van der Waals surface area contributed by atoms with Gasteiger partial charge in [-0.1, -0.05) is 18.2 Å². The number of anilines is 2. The first kappa shape index (κ1) is 14.1. The number of rotatable bonds is 3. The molecule has 0 radical (unpaired) electrons. The number of para-hydroxylation sites is 1. The molecule has 2 amide bonds. The van der Waals surface area contributed by atoms with Gasteiger partial charge >= 0.3 is 12.0 Å². The van der Waals surface area contributed by atoms with E-state index in [2.05, 4.69) is 10.6 Å². The maximum absolute atomic E-state index is 11.9. The quantitative estimate of drug-likeness (QED) is 0.804. The second-order valence-corrected chi connectivity index (χ2v) is 4.12. The lowest BCUT2D eigenvalue weighted by atomic mass is 10.2. The fourth-order valence-electron chi connectivity index (χ4n) is 1.73. The van der Waals surface area contributed by atoms with Crippen molar-refractivity contribution in [1.29, 1.82) is 5.26 Å². The van der Waals surface area contributed by atoms with E-state index in [-0.39, 0.29) is 11.3 Å². The summed E-state index contributed by atoms with van der Waals surface area (Å²) in [5.41, 5.74) is 1.05. The topological polar surface area (TPSA) is 102 Å². The highest BCUT2D eigenvalue weighted by Gasteiger charge is 2.11. The van der Waals surface area contributed by atoms with Gasteiger partial charge in [0.25, 0.3) is 0 Å². The van der Waals surface area contributed by atoms with Crippen molar-refractivity contribution in [2.45, 2.75) is 0 Å². The fourth-order valence-corrected chi connectivity index (χ4v) is 1.73. The molecule has 3 N–H and O–H groups in total. The molecule has 0 fully saturated rings. The summed E-state index contributed by atoms with van der Waals surface area (Å²) >= 11 is 0. The lowest BCUT2D eigenvalue weighted by molar-refractivity contribution is 0.0698. The zero-order valence-electron chi connectivity index (χ0n) is 10.8. The normalized spacial score (nSPS) is 9.48. The van der Waals surface area contributed by atoms with E-state index in [1.165, 1.54) is 18.2 Å². The Hall–Kier alpha value is -3.33. The molecule has 104 valence electrons. The molecule has 0 atom stereocenters. The Labute approximate surface area is 120 Å². The van der Waals surface area contributed by atoms with Crippen molar-refractivity contribution >= 4 is 23.4 Å². The Morgan fingerprint density at radius 1 is 1.05 bits per heavy atom. The average Bonchev–Trinajstić information content (AvgIpc) is 2.47. The molecular weight excluding hydrogens is 270 g/mol. The second-order valence-electron chi connectivity index (χ2n) is 4.12. The van der Waals surface area contributed by atoms with Gasteiger partial charge in [0.15, 0.2) is 0 Å². The standard InChI is InChI=1S/C15H11N3O3/c16-9-10-4-3-5-11(8-10)17-15(21)18-13-7-2-1-6-12(13)14(19)20/h1-8H,(H,19,20)(H2,17,18,21). The third-order valence-electron chi connectivity index (χ3n) is 2.66. The number of carbonyl (C=O) groups excluding carboxylic acids is 1. The number of nitrogens with one attached hydrogen (secondary N) is 2. The number of amides is 2. The summed E-state index contributed by atoms with van der Waals surface area (Å²) in [6, 6.07) is 13.9. The minimum atomic E-state index is -1.13. The van der Waals surface area contributed by atoms with Crippen LogP contribution in [0.25, 0.3) is 0 Å². The molecule has 0 heterocycles. The highest BCUT2D eigenvalue weighted by molar-refractivity contribution is 6.04. The van der Waals surface area contributed by atoms with Crippen LogP contribution in [-0.4, -0.2) is 17.1 Å². The molecule has 21 heavy (non-hydrogen) atoms. The van der Waals surface area contributed by atoms with Crippen LogP contribution < -0.4 is 10.6 Å². The molecule has 2 aromatic rings. The maximum Gasteiger partial charge on any atom is 0.337 e. The van der Waals surface area contributed by atoms with Crippen molar-refractivity contribution in [3.05, 3.63) is 59.7 Å². The first-order chi connectivity index (χ1) is 10.1. The Morgan fingerprint density at radius 2 is 1.81 bits per heavy atom. The molecule has 6 heteroatoms. The molecule has 0 aliphatic rings. The molecular formula is C15H11N3O3. The molecule has 0 aromatic heterocycles. The van der Waals surface area contributed by atoms with Gasteiger partial charge in [-0.05, 0) is 30.3 Å². The van der Waals surface area contributed by atoms with E-state index >= 15 is 0 Å². The monoisotopic (exact) mass is 281 g/mol. The molecule has 0 spiro atoms. The number of hydrogen-bond donors (Lipinski definition) is 3. The average molecular weight is 281 g/mol. The van der Waals surface area contributed by atoms with Gasteiger partial charge in [-0.3, -0.25) is 0 Å². The summed E-state index contributed by atoms with van der Waals surface area (Å²) < 4.78 is 0. The van der Waals surface area contributed by atoms with Crippen LogP contribution >= 0.6 is 0 Å². The smallest absolute Gasteiger partial charge is 0.337 e. The molecule has 0 bridgehead atoms. The van der Waals surface area contributed by atoms with Gasteiger partial charge in [0.1, 0.15) is 0 Å². The van der Waals surface area contributed by atoms with Gasteiger partial charge < -0.3 is 15.7 Å². The molecule has 6 nitrogen and oxygen atoms in total. The third-order valence-corrected chi connectivity index (χ3v) is 2.66. The van der Waals surface area contributed by atoms with Crippen LogP contribution in [0.2, 0.25) is 0 Å². The van der Waals surface area contributed by atoms with Crippen LogP contribution in [0.15, 0.2) is 48.5 Å². The van der Waals surface area contributed by atoms with Crippen molar-refractivity contribution in [2.24, 2.45) is 0 Å². The molecule has 2 aromatic carbocycles. The van der Waals surface area contributed by atoms with Crippen LogP contribution in [-0.2, 0) is 0 Å². The van der Waals surface area contributed by atoms with Crippen molar-refractivity contribution in [3.63, 3.8) is 0 Å². The van der Waals surface area contributed by atoms with Gasteiger partial charge in [0.2, 0.25) is 0 Å². The summed E-state index contributed by atoms with van der Waals surface area (Å²) in [6.45, 7) is 0. The van der Waals surface area contributed by atoms with Crippen molar-refractivity contribution < 1.29 is 14.7 Å². The summed E-state index contributed by atoms with van der Waals surface area (Å²) in [4.78, 5) is 22.9. The fraction of sp³-hybridized carbons (Fsp3) is 0. The van der Waals surface area contributed by atoms with Crippen LogP contribution in [0.3, 0.4) is 0 Å². The van der Waals surface area contributed by atoms with Crippen LogP contribution in [0.5, 0.6) is 0 Å². The van der Waals surface area contributed by atoms with Gasteiger partial charge in [-0.2, -0.15) is 5.26 Å². The van der Waals surface area contributed by atoms with Gasteiger partial charge in [-0.25, -0.2) is 9.59 Å². The van der Waals surface area contributed by atoms with E-state index in [0.29, 0.717) is 11.3 Å². The number of hydrogen-bond acceptors (Lipinski definition) is 3. The number of aromatic carboxylic acids is 1. The molecule has 0 aliphatic heterocycles. The molecule has 2 rings (SSSR count). The Balaban J connectivity index is 2.12. The number of nitrogens with zero attached hydrogens (tertiary/aromatic N) is 1. The predicted octanol–water partition coefficient (Wildman–Crippen LogP) is 2.90. The van der Waals surface area contributed by atoms with Crippen molar-refractivity contribution in [2.75, 3.05) is 10.6 Å². The summed E-state index contributed by atoms with van der Waals surface area (Å²) in [5.74, 6) is -1.13. The van der Waals surface area contributed by atoms with Crippen LogP contribution in [0.4, 0.5) is 16.2 Å². The van der Waals surface area contributed by atoms with Gasteiger partial charge in [-0.15, -0.1) is 0 Å². The lowest BCUT2D eigenvalue weighted by Crippen LogP contribution is -2.21. The summed E-state index contributed by atoms with van der Waals surface area (Å²) in [5, 5.41) is 22.8. The minimum Gasteiger partial charge on any atom is -0.478 e. The molecule has 0 aliphatic carbocycles. The largest absolute Gasteiger partial charge is 0.478 e. The zero-order valence-corrected chi connectivity index (χ0v) is 10.8. The SMILES string of the molecule is N#Cc1cccc(NC(=O)Nc2ccccc2C(=O)O)c1. The number of carboxylic acids is 1. The number of benzene rings is 2. The molecule has 0 saturated heterocycles. The van der Waals surface area contributed by atoms with E-state index in [9.17, 15) is 9.59 Å². The van der Waals surface area contributed by atoms with Crippen molar-refractivity contribution in [3.8, 4) is 6.07 Å². The molecule has 0 unspecified atom stereocenters. The minimum absolute atomic E-state index is 0.00146. The Bertz CT molecular complexity index is 735. The first-order valence-corrected chi connectivity index (χ1v) is 6.00. The number of urea groups is 1. The Morgan fingerprint density at radius 3 is 2.52 bits per heavy atom. The number of nitriles is 1. The Kier molecular flexibility index (Phi) is 4.17. The van der Waals surface area contributed by atoms with E-state index in [4.69, 9.17) is 10.4 Å². The van der Waals surface area contributed by atoms with E-state index < -0.39 is 12.0 Å². The first-order valence-electron chi connectivity index (χ1n) is 6.00. The van der Waals surface area contributed by atoms with Crippen LogP contribution in [0.1, 0.15) is 15.9 Å². The molecule has 0 saturated carbocycles. The number of carboxylic acid groups (broad SMARTS) is 1. The zero-order chi connectivity index (χ0) is 15.2. The van der Waals surface area contributed by atoms with E-state index in [0.717, 1.165) is 0 Å². The lowest BCUT2D eigenvalue weighted by Gasteiger charge is -2.09. The highest BCUT2D eigenvalue weighted by Crippen LogP contribution is 2.16. The third kappa shape index (κ3) is 3.58. The van der Waals surface area contributed by atoms with Gasteiger partial charge in [0, 0.05) is 5.69 Å². The predicted molar refractivity (Wildman–Crippen MR) is 77.2 cm³/mol. The summed E-state index contributed by atoms with van der Waals surface area (Å²) in [7, 11) is 0. The van der Waals surface area contributed by atoms with E-state index in [1.807, 2.05) is 6.07 Å². The van der Waals surface area contributed by atoms with Crippen molar-refractivity contribution in [1.82, 2.24) is 0 Å². The number of carbonyl (C=O) groups is 2.